The third kappa shape index (κ3) is 3.73. The molecule has 0 aliphatic heterocycles. The summed E-state index contributed by atoms with van der Waals surface area (Å²) in [6, 6.07) is 12.5. The lowest BCUT2D eigenvalue weighted by Crippen LogP contribution is -2.20. The number of hydrogen-bond acceptors (Lipinski definition) is 3. The SMILES string of the molecule is O=C(COc1cccc(Cl)c1Cl)Nc1ccc2cnccc2c1. The summed E-state index contributed by atoms with van der Waals surface area (Å²) in [5.41, 5.74) is 0.689. The van der Waals surface area contributed by atoms with E-state index in [-0.39, 0.29) is 12.5 Å². The Bertz CT molecular complexity index is 868. The van der Waals surface area contributed by atoms with Gasteiger partial charge in [-0.05, 0) is 35.7 Å². The van der Waals surface area contributed by atoms with Crippen LogP contribution in [-0.4, -0.2) is 17.5 Å². The number of nitrogens with zero attached hydrogens (tertiary/aromatic N) is 1. The number of rotatable bonds is 4. The van der Waals surface area contributed by atoms with E-state index in [2.05, 4.69) is 10.3 Å². The number of fused-ring (bicyclic) bond motifs is 1. The second kappa shape index (κ2) is 6.86. The van der Waals surface area contributed by atoms with Crippen molar-refractivity contribution in [2.24, 2.45) is 0 Å². The summed E-state index contributed by atoms with van der Waals surface area (Å²) >= 11 is 11.9. The Kier molecular flexibility index (Phi) is 4.65. The van der Waals surface area contributed by atoms with Gasteiger partial charge in [0.25, 0.3) is 5.91 Å². The lowest BCUT2D eigenvalue weighted by Gasteiger charge is -2.10. The van der Waals surface area contributed by atoms with Crippen LogP contribution in [-0.2, 0) is 4.79 Å². The Hall–Kier alpha value is -2.30. The van der Waals surface area contributed by atoms with Crippen molar-refractivity contribution >= 4 is 45.6 Å². The van der Waals surface area contributed by atoms with Gasteiger partial charge in [-0.2, -0.15) is 0 Å². The van der Waals surface area contributed by atoms with Crippen LogP contribution in [0.2, 0.25) is 10.0 Å². The molecule has 1 amide bonds. The van der Waals surface area contributed by atoms with Gasteiger partial charge >= 0.3 is 0 Å². The molecule has 1 aromatic heterocycles. The van der Waals surface area contributed by atoms with Gasteiger partial charge < -0.3 is 10.1 Å². The van der Waals surface area contributed by atoms with Crippen molar-refractivity contribution in [1.82, 2.24) is 4.98 Å². The highest BCUT2D eigenvalue weighted by atomic mass is 35.5. The fraction of sp³-hybridized carbons (Fsp3) is 0.0588. The van der Waals surface area contributed by atoms with Crippen molar-refractivity contribution in [3.8, 4) is 5.75 Å². The van der Waals surface area contributed by atoms with Crippen molar-refractivity contribution in [2.45, 2.75) is 0 Å². The molecule has 6 heteroatoms. The number of amides is 1. The predicted octanol–water partition coefficient (Wildman–Crippen LogP) is 4.56. The Morgan fingerprint density at radius 1 is 1.13 bits per heavy atom. The summed E-state index contributed by atoms with van der Waals surface area (Å²) in [4.78, 5) is 16.0. The summed E-state index contributed by atoms with van der Waals surface area (Å²) in [6.07, 6.45) is 3.48. The van der Waals surface area contributed by atoms with Crippen molar-refractivity contribution in [1.29, 1.82) is 0 Å². The topological polar surface area (TPSA) is 51.2 Å². The summed E-state index contributed by atoms with van der Waals surface area (Å²) in [6.45, 7) is -0.158. The third-order valence-corrected chi connectivity index (χ3v) is 4.00. The quantitative estimate of drug-likeness (QED) is 0.753. The van der Waals surface area contributed by atoms with Crippen LogP contribution >= 0.6 is 23.2 Å². The number of hydrogen-bond donors (Lipinski definition) is 1. The lowest BCUT2D eigenvalue weighted by molar-refractivity contribution is -0.118. The lowest BCUT2D eigenvalue weighted by atomic mass is 10.1. The Labute approximate surface area is 143 Å². The molecular weight excluding hydrogens is 335 g/mol. The molecule has 3 rings (SSSR count). The van der Waals surface area contributed by atoms with Crippen molar-refractivity contribution in [3.05, 3.63) is 64.9 Å². The molecule has 0 spiro atoms. The van der Waals surface area contributed by atoms with E-state index in [0.29, 0.717) is 21.5 Å². The van der Waals surface area contributed by atoms with E-state index < -0.39 is 0 Å². The predicted molar refractivity (Wildman–Crippen MR) is 92.3 cm³/mol. The van der Waals surface area contributed by atoms with Gasteiger partial charge in [-0.15, -0.1) is 0 Å². The fourth-order valence-corrected chi connectivity index (χ4v) is 2.44. The highest BCUT2D eigenvalue weighted by Gasteiger charge is 2.09. The number of halogens is 2. The normalized spacial score (nSPS) is 10.5. The van der Waals surface area contributed by atoms with Crippen LogP contribution in [0.4, 0.5) is 5.69 Å². The van der Waals surface area contributed by atoms with E-state index in [0.717, 1.165) is 10.8 Å². The van der Waals surface area contributed by atoms with Crippen LogP contribution in [0.15, 0.2) is 54.9 Å². The molecule has 1 heterocycles. The molecule has 2 aromatic carbocycles. The Morgan fingerprint density at radius 2 is 2.00 bits per heavy atom. The molecule has 4 nitrogen and oxygen atoms in total. The number of benzene rings is 2. The molecule has 23 heavy (non-hydrogen) atoms. The minimum atomic E-state index is -0.283. The van der Waals surface area contributed by atoms with E-state index in [9.17, 15) is 4.79 Å². The van der Waals surface area contributed by atoms with Crippen molar-refractivity contribution in [3.63, 3.8) is 0 Å². The minimum Gasteiger partial charge on any atom is -0.482 e. The summed E-state index contributed by atoms with van der Waals surface area (Å²) in [5.74, 6) is 0.0911. The van der Waals surface area contributed by atoms with Crippen LogP contribution in [0.5, 0.6) is 5.75 Å². The molecule has 0 fully saturated rings. The first-order valence-corrected chi connectivity index (χ1v) is 7.59. The minimum absolute atomic E-state index is 0.158. The molecule has 0 aliphatic carbocycles. The number of pyridine rings is 1. The smallest absolute Gasteiger partial charge is 0.262 e. The average molecular weight is 347 g/mol. The standard InChI is InChI=1S/C17H12Cl2N2O2/c18-14-2-1-3-15(17(14)19)23-10-16(22)21-13-5-4-12-9-20-7-6-11(12)8-13/h1-9H,10H2,(H,21,22). The summed E-state index contributed by atoms with van der Waals surface area (Å²) in [7, 11) is 0. The first kappa shape index (κ1) is 15.6. The first-order valence-electron chi connectivity index (χ1n) is 6.84. The average Bonchev–Trinajstić information content (AvgIpc) is 2.56. The largest absolute Gasteiger partial charge is 0.482 e. The van der Waals surface area contributed by atoms with Gasteiger partial charge in [0, 0.05) is 23.5 Å². The van der Waals surface area contributed by atoms with Gasteiger partial charge in [-0.1, -0.05) is 35.3 Å². The molecule has 0 aliphatic rings. The molecular formula is C17H12Cl2N2O2. The monoisotopic (exact) mass is 346 g/mol. The maximum atomic E-state index is 12.0. The van der Waals surface area contributed by atoms with Crippen molar-refractivity contribution < 1.29 is 9.53 Å². The molecule has 116 valence electrons. The molecule has 0 saturated carbocycles. The highest BCUT2D eigenvalue weighted by molar-refractivity contribution is 6.42. The number of ether oxygens (including phenoxy) is 1. The third-order valence-electron chi connectivity index (χ3n) is 3.20. The maximum Gasteiger partial charge on any atom is 0.262 e. The van der Waals surface area contributed by atoms with E-state index in [4.69, 9.17) is 27.9 Å². The highest BCUT2D eigenvalue weighted by Crippen LogP contribution is 2.31. The summed E-state index contributed by atoms with van der Waals surface area (Å²) < 4.78 is 5.40. The number of carbonyl (C=O) groups excluding carboxylic acids is 1. The zero-order chi connectivity index (χ0) is 16.2. The van der Waals surface area contributed by atoms with E-state index in [1.54, 1.807) is 30.6 Å². The molecule has 0 saturated heterocycles. The van der Waals surface area contributed by atoms with Gasteiger partial charge in [0.1, 0.15) is 10.8 Å². The molecule has 0 bridgehead atoms. The second-order valence-corrected chi connectivity index (χ2v) is 5.61. The zero-order valence-electron chi connectivity index (χ0n) is 11.9. The van der Waals surface area contributed by atoms with Gasteiger partial charge in [-0.25, -0.2) is 0 Å². The Morgan fingerprint density at radius 3 is 2.87 bits per heavy atom. The molecule has 0 radical (unpaired) electrons. The van der Waals surface area contributed by atoms with Gasteiger partial charge in [0.2, 0.25) is 0 Å². The van der Waals surface area contributed by atoms with E-state index in [1.165, 1.54) is 0 Å². The van der Waals surface area contributed by atoms with Gasteiger partial charge in [0.15, 0.2) is 6.61 Å². The van der Waals surface area contributed by atoms with Gasteiger partial charge in [0.05, 0.1) is 5.02 Å². The fourth-order valence-electron chi connectivity index (χ4n) is 2.10. The van der Waals surface area contributed by atoms with Crippen LogP contribution in [0.25, 0.3) is 10.8 Å². The number of anilines is 1. The Balaban J connectivity index is 1.65. The maximum absolute atomic E-state index is 12.0. The van der Waals surface area contributed by atoms with Gasteiger partial charge in [-0.3, -0.25) is 9.78 Å². The number of aromatic nitrogens is 1. The molecule has 0 atom stereocenters. The van der Waals surface area contributed by atoms with Crippen LogP contribution in [0, 0.1) is 0 Å². The summed E-state index contributed by atoms with van der Waals surface area (Å²) in [5, 5.41) is 5.46. The molecule has 0 unspecified atom stereocenters. The van der Waals surface area contributed by atoms with Crippen LogP contribution in [0.1, 0.15) is 0 Å². The van der Waals surface area contributed by atoms with E-state index >= 15 is 0 Å². The van der Waals surface area contributed by atoms with Crippen molar-refractivity contribution in [2.75, 3.05) is 11.9 Å². The second-order valence-electron chi connectivity index (χ2n) is 4.83. The number of carbonyl (C=O) groups is 1. The first-order chi connectivity index (χ1) is 11.1. The molecule has 3 aromatic rings. The zero-order valence-corrected chi connectivity index (χ0v) is 13.4. The van der Waals surface area contributed by atoms with Crippen LogP contribution in [0.3, 0.4) is 0 Å². The van der Waals surface area contributed by atoms with E-state index in [1.807, 2.05) is 24.3 Å². The number of nitrogens with one attached hydrogen (secondary N) is 1. The molecule has 1 N–H and O–H groups in total. The van der Waals surface area contributed by atoms with Crippen LogP contribution < -0.4 is 10.1 Å².